The smallest absolute Gasteiger partial charge is 0.327 e. The molecule has 1 aliphatic rings. The number of nitrogens with zero attached hydrogens (tertiary/aromatic N) is 1. The molecule has 8 heteroatoms. The van der Waals surface area contributed by atoms with Gasteiger partial charge >= 0.3 is 5.97 Å². The number of aliphatic carboxylic acids is 1. The van der Waals surface area contributed by atoms with Crippen molar-refractivity contribution in [3.8, 4) is 17.1 Å². The number of thiocarbonyl (C=S) groups is 1. The summed E-state index contributed by atoms with van der Waals surface area (Å²) in [5, 5.41) is 9.76. The van der Waals surface area contributed by atoms with E-state index in [1.54, 1.807) is 19.3 Å². The molecule has 2 aromatic carbocycles. The van der Waals surface area contributed by atoms with Crippen molar-refractivity contribution in [3.05, 3.63) is 83.0 Å². The van der Waals surface area contributed by atoms with Crippen molar-refractivity contribution in [1.82, 2.24) is 4.90 Å². The number of carboxylic acids is 1. The topological polar surface area (TPSA) is 80.0 Å². The number of hydrogen-bond donors (Lipinski definition) is 1. The Morgan fingerprint density at radius 2 is 1.88 bits per heavy atom. The van der Waals surface area contributed by atoms with Crippen LogP contribution in [0, 0.1) is 0 Å². The first-order chi connectivity index (χ1) is 15.5. The minimum absolute atomic E-state index is 0.165. The summed E-state index contributed by atoms with van der Waals surface area (Å²) in [6.45, 7) is 0. The number of methoxy groups -OCH3 is 1. The van der Waals surface area contributed by atoms with Crippen molar-refractivity contribution in [2.45, 2.75) is 12.5 Å². The highest BCUT2D eigenvalue weighted by molar-refractivity contribution is 8.26. The number of amides is 1. The molecule has 1 unspecified atom stereocenters. The molecule has 1 amide bonds. The lowest BCUT2D eigenvalue weighted by molar-refractivity contribution is -0.145. The van der Waals surface area contributed by atoms with Crippen LogP contribution in [0.4, 0.5) is 0 Å². The van der Waals surface area contributed by atoms with Crippen LogP contribution >= 0.6 is 24.0 Å². The molecule has 0 aliphatic carbocycles. The van der Waals surface area contributed by atoms with E-state index in [2.05, 4.69) is 0 Å². The van der Waals surface area contributed by atoms with Gasteiger partial charge in [-0.05, 0) is 42.0 Å². The van der Waals surface area contributed by atoms with Crippen LogP contribution in [-0.4, -0.2) is 39.4 Å². The van der Waals surface area contributed by atoms with E-state index < -0.39 is 17.9 Å². The molecule has 1 aliphatic heterocycles. The van der Waals surface area contributed by atoms with Crippen molar-refractivity contribution in [2.24, 2.45) is 0 Å². The van der Waals surface area contributed by atoms with Gasteiger partial charge in [-0.15, -0.1) is 0 Å². The summed E-state index contributed by atoms with van der Waals surface area (Å²) in [5.41, 5.74) is 1.68. The van der Waals surface area contributed by atoms with Crippen molar-refractivity contribution < 1.29 is 23.8 Å². The lowest BCUT2D eigenvalue weighted by atomic mass is 10.0. The number of ether oxygens (including phenoxy) is 1. The van der Waals surface area contributed by atoms with Gasteiger partial charge in [0.15, 0.2) is 0 Å². The quantitative estimate of drug-likeness (QED) is 0.395. The molecule has 1 fully saturated rings. The third kappa shape index (κ3) is 4.61. The molecular weight excluding hydrogens is 446 g/mol. The van der Waals surface area contributed by atoms with Gasteiger partial charge in [0.1, 0.15) is 27.6 Å². The molecule has 162 valence electrons. The Hall–Kier alpha value is -3.36. The Labute approximate surface area is 194 Å². The number of rotatable bonds is 7. The van der Waals surface area contributed by atoms with Gasteiger partial charge in [0, 0.05) is 18.1 Å². The largest absolute Gasteiger partial charge is 0.497 e. The number of hydrogen-bond acceptors (Lipinski definition) is 6. The zero-order valence-corrected chi connectivity index (χ0v) is 18.7. The highest BCUT2D eigenvalue weighted by Gasteiger charge is 2.40. The molecule has 0 saturated carbocycles. The van der Waals surface area contributed by atoms with E-state index in [0.717, 1.165) is 28.6 Å². The van der Waals surface area contributed by atoms with Crippen LogP contribution in [0.15, 0.2) is 76.1 Å². The van der Waals surface area contributed by atoms with Gasteiger partial charge in [0.05, 0.1) is 12.0 Å². The fraction of sp³-hybridized carbons (Fsp3) is 0.125. The van der Waals surface area contributed by atoms with E-state index >= 15 is 0 Å². The van der Waals surface area contributed by atoms with Crippen LogP contribution in [-0.2, 0) is 16.0 Å². The van der Waals surface area contributed by atoms with Gasteiger partial charge in [0.25, 0.3) is 5.91 Å². The molecular formula is C24H19NO5S2. The van der Waals surface area contributed by atoms with Gasteiger partial charge in [0.2, 0.25) is 0 Å². The average molecular weight is 466 g/mol. The second kappa shape index (κ2) is 9.42. The SMILES string of the molecule is COc1ccc(-c2ccc(/C=C3\SC(=S)N(C(Cc4ccccc4)C(=O)O)C3=O)o2)cc1. The maximum atomic E-state index is 13.0. The Bertz CT molecular complexity index is 1180. The van der Waals surface area contributed by atoms with E-state index in [-0.39, 0.29) is 10.7 Å². The average Bonchev–Trinajstić information content (AvgIpc) is 3.37. The fourth-order valence-corrected chi connectivity index (χ4v) is 4.68. The van der Waals surface area contributed by atoms with Gasteiger partial charge in [-0.2, -0.15) is 0 Å². The predicted octanol–water partition coefficient (Wildman–Crippen LogP) is 4.85. The van der Waals surface area contributed by atoms with Crippen molar-refractivity contribution in [2.75, 3.05) is 7.11 Å². The summed E-state index contributed by atoms with van der Waals surface area (Å²) < 4.78 is 11.2. The zero-order valence-electron chi connectivity index (χ0n) is 17.1. The number of carboxylic acid groups (broad SMARTS) is 1. The Morgan fingerprint density at radius 3 is 2.53 bits per heavy atom. The molecule has 0 radical (unpaired) electrons. The van der Waals surface area contributed by atoms with E-state index in [0.29, 0.717) is 16.4 Å². The number of carbonyl (C=O) groups is 2. The lowest BCUT2D eigenvalue weighted by Gasteiger charge is -2.23. The Balaban J connectivity index is 1.55. The monoisotopic (exact) mass is 465 g/mol. The third-order valence-corrected chi connectivity index (χ3v) is 6.30. The molecule has 1 aromatic heterocycles. The standard InChI is InChI=1S/C24H19NO5S2/c1-29-17-9-7-16(8-10-17)20-12-11-18(30-20)14-21-22(26)25(24(31)32-21)19(23(27)28)13-15-5-3-2-4-6-15/h2-12,14,19H,13H2,1H3,(H,27,28)/b21-14-. The Morgan fingerprint density at radius 1 is 1.16 bits per heavy atom. The molecule has 1 saturated heterocycles. The maximum Gasteiger partial charge on any atom is 0.327 e. The molecule has 3 aromatic rings. The summed E-state index contributed by atoms with van der Waals surface area (Å²) in [5.74, 6) is 0.317. The number of furan rings is 1. The van der Waals surface area contributed by atoms with Crippen LogP contribution in [0.25, 0.3) is 17.4 Å². The summed E-state index contributed by atoms with van der Waals surface area (Å²) in [4.78, 5) is 26.5. The molecule has 0 spiro atoms. The van der Waals surface area contributed by atoms with Crippen LogP contribution < -0.4 is 4.74 Å². The first-order valence-electron chi connectivity index (χ1n) is 9.74. The van der Waals surface area contributed by atoms with Gasteiger partial charge < -0.3 is 14.3 Å². The van der Waals surface area contributed by atoms with E-state index in [1.165, 1.54) is 4.90 Å². The first-order valence-corrected chi connectivity index (χ1v) is 11.0. The van der Waals surface area contributed by atoms with E-state index in [9.17, 15) is 14.7 Å². The minimum Gasteiger partial charge on any atom is -0.497 e. The van der Waals surface area contributed by atoms with Crippen molar-refractivity contribution in [1.29, 1.82) is 0 Å². The maximum absolute atomic E-state index is 13.0. The van der Waals surface area contributed by atoms with E-state index in [1.807, 2.05) is 60.7 Å². The summed E-state index contributed by atoms with van der Waals surface area (Å²) in [6.07, 6.45) is 1.76. The normalized spacial score (nSPS) is 15.9. The van der Waals surface area contributed by atoms with E-state index in [4.69, 9.17) is 21.4 Å². The highest BCUT2D eigenvalue weighted by Crippen LogP contribution is 2.35. The van der Waals surface area contributed by atoms with Gasteiger partial charge in [-0.3, -0.25) is 9.69 Å². The van der Waals surface area contributed by atoms with Crippen LogP contribution in [0.3, 0.4) is 0 Å². The molecule has 2 heterocycles. The fourth-order valence-electron chi connectivity index (χ4n) is 3.34. The Kier molecular flexibility index (Phi) is 6.43. The van der Waals surface area contributed by atoms with Crippen LogP contribution in [0.5, 0.6) is 5.75 Å². The number of thioether (sulfide) groups is 1. The lowest BCUT2D eigenvalue weighted by Crippen LogP contribution is -2.45. The molecule has 0 bridgehead atoms. The molecule has 32 heavy (non-hydrogen) atoms. The summed E-state index contributed by atoms with van der Waals surface area (Å²) >= 11 is 6.42. The van der Waals surface area contributed by atoms with Crippen molar-refractivity contribution >= 4 is 46.3 Å². The number of carbonyl (C=O) groups excluding carboxylic acids is 1. The zero-order chi connectivity index (χ0) is 22.7. The number of benzene rings is 2. The van der Waals surface area contributed by atoms with Crippen LogP contribution in [0.1, 0.15) is 11.3 Å². The second-order valence-electron chi connectivity index (χ2n) is 7.03. The molecule has 1 N–H and O–H groups in total. The molecule has 1 atom stereocenters. The third-order valence-electron chi connectivity index (χ3n) is 4.97. The summed E-state index contributed by atoms with van der Waals surface area (Å²) in [7, 11) is 1.60. The second-order valence-corrected chi connectivity index (χ2v) is 8.70. The predicted molar refractivity (Wildman–Crippen MR) is 127 cm³/mol. The molecule has 4 rings (SSSR count). The molecule has 6 nitrogen and oxygen atoms in total. The van der Waals surface area contributed by atoms with Gasteiger partial charge in [-0.25, -0.2) is 4.79 Å². The highest BCUT2D eigenvalue weighted by atomic mass is 32.2. The first kappa shape index (κ1) is 21.9. The van der Waals surface area contributed by atoms with Crippen molar-refractivity contribution in [3.63, 3.8) is 0 Å². The minimum atomic E-state index is -1.11. The van der Waals surface area contributed by atoms with Crippen LogP contribution in [0.2, 0.25) is 0 Å². The summed E-state index contributed by atoms with van der Waals surface area (Å²) in [6, 6.07) is 19.1. The van der Waals surface area contributed by atoms with Gasteiger partial charge in [-0.1, -0.05) is 54.3 Å².